The normalized spacial score (nSPS) is 10.8. The van der Waals surface area contributed by atoms with Crippen LogP contribution in [0.15, 0.2) is 59.8 Å². The van der Waals surface area contributed by atoms with E-state index in [1.54, 1.807) is 0 Å². The van der Waals surface area contributed by atoms with Gasteiger partial charge in [0.1, 0.15) is 11.4 Å². The average Bonchev–Trinajstić information content (AvgIpc) is 3.04. The van der Waals surface area contributed by atoms with Gasteiger partial charge in [-0.3, -0.25) is 4.79 Å². The minimum atomic E-state index is 0.0302. The Hall–Kier alpha value is -2.47. The Morgan fingerprint density at radius 2 is 2.08 bits per heavy atom. The number of amides is 1. The highest BCUT2D eigenvalue weighted by Crippen LogP contribution is 2.21. The SMILES string of the molecule is CCOc1ccc(SCC(=O)NCCc2cn3ccccc3n2)cc1. The lowest BCUT2D eigenvalue weighted by molar-refractivity contribution is -0.118. The van der Waals surface area contributed by atoms with Gasteiger partial charge in [0.25, 0.3) is 0 Å². The summed E-state index contributed by atoms with van der Waals surface area (Å²) in [7, 11) is 0. The number of pyridine rings is 1. The molecule has 1 N–H and O–H groups in total. The first kappa shape index (κ1) is 17.4. The fourth-order valence-corrected chi connectivity index (χ4v) is 3.16. The second kappa shape index (κ2) is 8.58. The highest BCUT2D eigenvalue weighted by atomic mass is 32.2. The molecule has 25 heavy (non-hydrogen) atoms. The second-order valence-corrected chi connectivity index (χ2v) is 6.54. The Labute approximate surface area is 151 Å². The van der Waals surface area contributed by atoms with Gasteiger partial charge >= 0.3 is 0 Å². The molecule has 0 radical (unpaired) electrons. The van der Waals surface area contributed by atoms with E-state index in [1.165, 1.54) is 11.8 Å². The van der Waals surface area contributed by atoms with Crippen LogP contribution in [0.2, 0.25) is 0 Å². The van der Waals surface area contributed by atoms with Crippen molar-refractivity contribution in [2.24, 2.45) is 0 Å². The molecule has 1 amide bonds. The Morgan fingerprint density at radius 1 is 1.24 bits per heavy atom. The van der Waals surface area contributed by atoms with Gasteiger partial charge in [-0.25, -0.2) is 4.98 Å². The molecule has 0 saturated carbocycles. The van der Waals surface area contributed by atoms with Crippen molar-refractivity contribution in [1.82, 2.24) is 14.7 Å². The van der Waals surface area contributed by atoms with Crippen LogP contribution in [0.1, 0.15) is 12.6 Å². The van der Waals surface area contributed by atoms with E-state index in [2.05, 4.69) is 10.3 Å². The molecule has 6 heteroatoms. The monoisotopic (exact) mass is 355 g/mol. The molecule has 5 nitrogen and oxygen atoms in total. The second-order valence-electron chi connectivity index (χ2n) is 5.49. The van der Waals surface area contributed by atoms with Crippen molar-refractivity contribution in [2.45, 2.75) is 18.2 Å². The molecule has 0 spiro atoms. The largest absolute Gasteiger partial charge is 0.494 e. The van der Waals surface area contributed by atoms with Crippen LogP contribution in [0.5, 0.6) is 5.75 Å². The van der Waals surface area contributed by atoms with Crippen LogP contribution in [-0.2, 0) is 11.2 Å². The van der Waals surface area contributed by atoms with Crippen LogP contribution in [0, 0.1) is 0 Å². The van der Waals surface area contributed by atoms with Gasteiger partial charge in [0.05, 0.1) is 18.1 Å². The molecule has 0 saturated heterocycles. The maximum atomic E-state index is 12.0. The number of nitrogens with zero attached hydrogens (tertiary/aromatic N) is 2. The number of rotatable bonds is 8. The van der Waals surface area contributed by atoms with E-state index >= 15 is 0 Å². The zero-order valence-electron chi connectivity index (χ0n) is 14.1. The molecule has 0 unspecified atom stereocenters. The third-order valence-corrected chi connectivity index (χ3v) is 4.63. The summed E-state index contributed by atoms with van der Waals surface area (Å²) in [6.07, 6.45) is 4.69. The Morgan fingerprint density at radius 3 is 2.84 bits per heavy atom. The quantitative estimate of drug-likeness (QED) is 0.631. The molecule has 2 aromatic heterocycles. The van der Waals surface area contributed by atoms with Gasteiger partial charge in [-0.15, -0.1) is 11.8 Å². The predicted octanol–water partition coefficient (Wildman–Crippen LogP) is 3.18. The summed E-state index contributed by atoms with van der Waals surface area (Å²) in [5.41, 5.74) is 1.90. The lowest BCUT2D eigenvalue weighted by atomic mass is 10.3. The summed E-state index contributed by atoms with van der Waals surface area (Å²) in [6, 6.07) is 13.7. The minimum Gasteiger partial charge on any atom is -0.494 e. The summed E-state index contributed by atoms with van der Waals surface area (Å²) < 4.78 is 7.39. The van der Waals surface area contributed by atoms with E-state index in [4.69, 9.17) is 4.74 Å². The van der Waals surface area contributed by atoms with Crippen LogP contribution in [0.3, 0.4) is 0 Å². The summed E-state index contributed by atoms with van der Waals surface area (Å²) in [5.74, 6) is 1.28. The maximum Gasteiger partial charge on any atom is 0.230 e. The zero-order chi connectivity index (χ0) is 17.5. The topological polar surface area (TPSA) is 55.6 Å². The molecule has 0 aliphatic heterocycles. The van der Waals surface area contributed by atoms with Crippen molar-refractivity contribution in [1.29, 1.82) is 0 Å². The van der Waals surface area contributed by atoms with Crippen LogP contribution >= 0.6 is 11.8 Å². The summed E-state index contributed by atoms with van der Waals surface area (Å²) in [6.45, 7) is 3.20. The van der Waals surface area contributed by atoms with Gasteiger partial charge in [-0.2, -0.15) is 0 Å². The van der Waals surface area contributed by atoms with Gasteiger partial charge in [0.15, 0.2) is 0 Å². The standard InChI is InChI=1S/C19H21N3O2S/c1-2-24-16-6-8-17(9-7-16)25-14-19(23)20-11-10-15-13-22-12-4-3-5-18(22)21-15/h3-9,12-13H,2,10-11,14H2,1H3,(H,20,23). The first-order chi connectivity index (χ1) is 12.2. The average molecular weight is 355 g/mol. The maximum absolute atomic E-state index is 12.0. The van der Waals surface area contributed by atoms with Crippen molar-refractivity contribution in [2.75, 3.05) is 18.9 Å². The third-order valence-electron chi connectivity index (χ3n) is 3.62. The number of nitrogens with one attached hydrogen (secondary N) is 1. The summed E-state index contributed by atoms with van der Waals surface area (Å²) >= 11 is 1.52. The predicted molar refractivity (Wildman–Crippen MR) is 100 cm³/mol. The molecule has 0 atom stereocenters. The first-order valence-electron chi connectivity index (χ1n) is 8.29. The molecule has 2 heterocycles. The molecule has 0 aliphatic rings. The van der Waals surface area contributed by atoms with E-state index in [9.17, 15) is 4.79 Å². The van der Waals surface area contributed by atoms with Gasteiger partial charge in [-0.05, 0) is 43.3 Å². The Bertz CT molecular complexity index is 797. The summed E-state index contributed by atoms with van der Waals surface area (Å²) in [4.78, 5) is 17.5. The number of benzene rings is 1. The zero-order valence-corrected chi connectivity index (χ0v) is 15.0. The molecule has 3 rings (SSSR count). The molecule has 1 aromatic carbocycles. The third kappa shape index (κ3) is 5.00. The highest BCUT2D eigenvalue weighted by molar-refractivity contribution is 8.00. The Kier molecular flexibility index (Phi) is 5.95. The van der Waals surface area contributed by atoms with Crippen LogP contribution in [-0.4, -0.2) is 34.2 Å². The highest BCUT2D eigenvalue weighted by Gasteiger charge is 2.05. The van der Waals surface area contributed by atoms with Crippen LogP contribution < -0.4 is 10.1 Å². The van der Waals surface area contributed by atoms with Gasteiger partial charge in [0.2, 0.25) is 5.91 Å². The fraction of sp³-hybridized carbons (Fsp3) is 0.263. The smallest absolute Gasteiger partial charge is 0.230 e. The Balaban J connectivity index is 1.40. The minimum absolute atomic E-state index is 0.0302. The molecular formula is C19H21N3O2S. The number of fused-ring (bicyclic) bond motifs is 1. The van der Waals surface area contributed by atoms with Crippen molar-refractivity contribution in [3.8, 4) is 5.75 Å². The number of hydrogen-bond donors (Lipinski definition) is 1. The van der Waals surface area contributed by atoms with E-state index in [0.29, 0.717) is 18.9 Å². The molecule has 3 aromatic rings. The summed E-state index contributed by atoms with van der Waals surface area (Å²) in [5, 5.41) is 2.94. The number of thioether (sulfide) groups is 1. The van der Waals surface area contributed by atoms with Gasteiger partial charge < -0.3 is 14.5 Å². The fourth-order valence-electron chi connectivity index (χ4n) is 2.44. The van der Waals surface area contributed by atoms with Crippen molar-refractivity contribution in [3.05, 3.63) is 60.6 Å². The lowest BCUT2D eigenvalue weighted by Gasteiger charge is -2.06. The molecule has 0 aliphatic carbocycles. The number of aromatic nitrogens is 2. The van der Waals surface area contributed by atoms with E-state index in [0.717, 1.165) is 28.4 Å². The van der Waals surface area contributed by atoms with Gasteiger partial charge in [-0.1, -0.05) is 6.07 Å². The van der Waals surface area contributed by atoms with Crippen molar-refractivity contribution >= 4 is 23.3 Å². The molecule has 0 fully saturated rings. The van der Waals surface area contributed by atoms with E-state index < -0.39 is 0 Å². The number of carbonyl (C=O) groups excluding carboxylic acids is 1. The number of carbonyl (C=O) groups is 1. The van der Waals surface area contributed by atoms with Crippen LogP contribution in [0.4, 0.5) is 0 Å². The number of imidazole rings is 1. The van der Waals surface area contributed by atoms with Crippen LogP contribution in [0.25, 0.3) is 5.65 Å². The van der Waals surface area contributed by atoms with Gasteiger partial charge in [0, 0.05) is 30.3 Å². The van der Waals surface area contributed by atoms with Crippen molar-refractivity contribution in [3.63, 3.8) is 0 Å². The van der Waals surface area contributed by atoms with E-state index in [-0.39, 0.29) is 5.91 Å². The van der Waals surface area contributed by atoms with E-state index in [1.807, 2.05) is 66.2 Å². The molecule has 0 bridgehead atoms. The molecule has 130 valence electrons. The first-order valence-corrected chi connectivity index (χ1v) is 9.28. The van der Waals surface area contributed by atoms with Crippen molar-refractivity contribution < 1.29 is 9.53 Å². The number of hydrogen-bond acceptors (Lipinski definition) is 4. The molecular weight excluding hydrogens is 334 g/mol. The lowest BCUT2D eigenvalue weighted by Crippen LogP contribution is -2.27. The number of ether oxygens (including phenoxy) is 1.